The van der Waals surface area contributed by atoms with Crippen molar-refractivity contribution < 1.29 is 9.59 Å². The summed E-state index contributed by atoms with van der Waals surface area (Å²) in [6, 6.07) is 23.6. The second kappa shape index (κ2) is 10.0. The number of nitrogens with two attached hydrogens (primary N) is 1. The molecule has 0 aliphatic carbocycles. The van der Waals surface area contributed by atoms with Crippen LogP contribution in [0.5, 0.6) is 0 Å². The van der Waals surface area contributed by atoms with Crippen molar-refractivity contribution in [1.82, 2.24) is 9.97 Å². The number of nitrogens with one attached hydrogen (secondary N) is 1. The summed E-state index contributed by atoms with van der Waals surface area (Å²) in [5.74, 6) is 5.58. The minimum atomic E-state index is -0.601. The molecule has 0 atom stereocenters. The molecular weight excluding hydrogens is 412 g/mol. The molecule has 0 unspecified atom stereocenters. The number of aromatic nitrogens is 2. The van der Waals surface area contributed by atoms with Crippen molar-refractivity contribution in [2.75, 3.05) is 5.32 Å². The van der Waals surface area contributed by atoms with E-state index < -0.39 is 5.91 Å². The third kappa shape index (κ3) is 5.90. The van der Waals surface area contributed by atoms with Crippen LogP contribution in [0.25, 0.3) is 11.3 Å². The summed E-state index contributed by atoms with van der Waals surface area (Å²) in [6.45, 7) is 0. The molecule has 0 saturated carbocycles. The van der Waals surface area contributed by atoms with E-state index >= 15 is 0 Å². The molecular formula is C27H20N4O2. The van der Waals surface area contributed by atoms with E-state index in [9.17, 15) is 9.59 Å². The topological polar surface area (TPSA) is 98.0 Å². The van der Waals surface area contributed by atoms with E-state index in [4.69, 9.17) is 5.73 Å². The molecule has 2 aromatic carbocycles. The molecule has 2 heterocycles. The lowest BCUT2D eigenvalue weighted by Crippen LogP contribution is -2.17. The van der Waals surface area contributed by atoms with Gasteiger partial charge in [-0.05, 0) is 42.0 Å². The molecule has 0 saturated heterocycles. The lowest BCUT2D eigenvalue weighted by atomic mass is 10.1. The van der Waals surface area contributed by atoms with Crippen molar-refractivity contribution in [2.24, 2.45) is 5.73 Å². The van der Waals surface area contributed by atoms with Crippen molar-refractivity contribution in [2.45, 2.75) is 6.42 Å². The van der Waals surface area contributed by atoms with Gasteiger partial charge in [-0.2, -0.15) is 0 Å². The van der Waals surface area contributed by atoms with E-state index in [2.05, 4.69) is 27.1 Å². The van der Waals surface area contributed by atoms with Crippen molar-refractivity contribution in [3.05, 3.63) is 114 Å². The fourth-order valence-corrected chi connectivity index (χ4v) is 3.16. The largest absolute Gasteiger partial charge is 0.366 e. The number of primary amides is 1. The maximum absolute atomic E-state index is 12.5. The van der Waals surface area contributed by atoms with Gasteiger partial charge in [-0.1, -0.05) is 54.3 Å². The maximum Gasteiger partial charge on any atom is 0.248 e. The Morgan fingerprint density at radius 2 is 1.64 bits per heavy atom. The molecule has 0 spiro atoms. The molecule has 0 bridgehead atoms. The van der Waals surface area contributed by atoms with Crippen LogP contribution < -0.4 is 11.1 Å². The van der Waals surface area contributed by atoms with E-state index in [0.29, 0.717) is 5.69 Å². The van der Waals surface area contributed by atoms with Crippen LogP contribution in [0, 0.1) is 11.8 Å². The van der Waals surface area contributed by atoms with Crippen LogP contribution in [-0.2, 0) is 11.2 Å². The molecule has 33 heavy (non-hydrogen) atoms. The summed E-state index contributed by atoms with van der Waals surface area (Å²) in [5.41, 5.74) is 9.58. The third-order valence-electron chi connectivity index (χ3n) is 4.78. The molecule has 160 valence electrons. The summed E-state index contributed by atoms with van der Waals surface area (Å²) in [7, 11) is 0. The van der Waals surface area contributed by atoms with Crippen LogP contribution in [0.3, 0.4) is 0 Å². The summed E-state index contributed by atoms with van der Waals surface area (Å²) in [4.78, 5) is 32.9. The molecule has 0 fully saturated rings. The van der Waals surface area contributed by atoms with Gasteiger partial charge in [0.15, 0.2) is 0 Å². The highest BCUT2D eigenvalue weighted by atomic mass is 16.2. The van der Waals surface area contributed by atoms with E-state index in [1.54, 1.807) is 18.5 Å². The van der Waals surface area contributed by atoms with E-state index in [0.717, 1.165) is 22.3 Å². The molecule has 3 N–H and O–H groups in total. The first-order valence-electron chi connectivity index (χ1n) is 10.2. The Morgan fingerprint density at radius 3 is 2.33 bits per heavy atom. The van der Waals surface area contributed by atoms with Crippen LogP contribution in [0.4, 0.5) is 5.82 Å². The number of hydrogen-bond donors (Lipinski definition) is 2. The Labute approximate surface area is 191 Å². The first-order chi connectivity index (χ1) is 16.1. The van der Waals surface area contributed by atoms with Gasteiger partial charge in [0.1, 0.15) is 5.82 Å². The van der Waals surface area contributed by atoms with E-state index in [-0.39, 0.29) is 23.7 Å². The molecule has 2 aromatic heterocycles. The molecule has 0 aliphatic heterocycles. The van der Waals surface area contributed by atoms with Crippen LogP contribution in [0.1, 0.15) is 27.0 Å². The van der Waals surface area contributed by atoms with Gasteiger partial charge in [-0.3, -0.25) is 14.6 Å². The molecule has 0 radical (unpaired) electrons. The molecule has 6 heteroatoms. The minimum Gasteiger partial charge on any atom is -0.366 e. The normalized spacial score (nSPS) is 10.1. The second-order valence-electron chi connectivity index (χ2n) is 7.27. The number of amides is 2. The highest BCUT2D eigenvalue weighted by molar-refractivity contribution is 5.97. The van der Waals surface area contributed by atoms with Gasteiger partial charge in [-0.15, -0.1) is 0 Å². The molecule has 0 aliphatic rings. The van der Waals surface area contributed by atoms with Crippen LogP contribution in [0.15, 0.2) is 91.3 Å². The number of rotatable bonds is 5. The van der Waals surface area contributed by atoms with Gasteiger partial charge in [0.2, 0.25) is 11.8 Å². The lowest BCUT2D eigenvalue weighted by molar-refractivity contribution is -0.115. The van der Waals surface area contributed by atoms with Gasteiger partial charge in [0.05, 0.1) is 12.1 Å². The predicted octanol–water partition coefficient (Wildman–Crippen LogP) is 3.82. The number of anilines is 1. The van der Waals surface area contributed by atoms with Gasteiger partial charge in [0, 0.05) is 34.6 Å². The van der Waals surface area contributed by atoms with Crippen LogP contribution in [-0.4, -0.2) is 21.8 Å². The van der Waals surface area contributed by atoms with Gasteiger partial charge in [0.25, 0.3) is 0 Å². The summed E-state index contributed by atoms with van der Waals surface area (Å²) < 4.78 is 0. The number of benzene rings is 2. The standard InChI is InChI=1S/C27H20N4O2/c28-27(33)23-16-24(30-25(17-23)31-26(32)15-20-5-2-1-3-6-20)22-12-10-19(11-13-22)8-9-21-7-4-14-29-18-21/h1-7,10-14,16-18H,15H2,(H2,28,33)(H,30,31,32). The molecule has 4 rings (SSSR count). The fourth-order valence-electron chi connectivity index (χ4n) is 3.16. The number of pyridine rings is 2. The first kappa shape index (κ1) is 21.5. The lowest BCUT2D eigenvalue weighted by Gasteiger charge is -2.09. The van der Waals surface area contributed by atoms with Crippen LogP contribution >= 0.6 is 0 Å². The Kier molecular flexibility index (Phi) is 6.53. The van der Waals surface area contributed by atoms with Gasteiger partial charge < -0.3 is 11.1 Å². The molecule has 4 aromatic rings. The summed E-state index contributed by atoms with van der Waals surface area (Å²) >= 11 is 0. The molecule has 6 nitrogen and oxygen atoms in total. The molecule has 2 amide bonds. The quantitative estimate of drug-likeness (QED) is 0.469. The van der Waals surface area contributed by atoms with Gasteiger partial charge in [-0.25, -0.2) is 4.98 Å². The predicted molar refractivity (Wildman–Crippen MR) is 127 cm³/mol. The van der Waals surface area contributed by atoms with Crippen molar-refractivity contribution in [3.63, 3.8) is 0 Å². The van der Waals surface area contributed by atoms with E-state index in [1.165, 1.54) is 6.07 Å². The van der Waals surface area contributed by atoms with Crippen molar-refractivity contribution in [3.8, 4) is 23.1 Å². The smallest absolute Gasteiger partial charge is 0.248 e. The zero-order chi connectivity index (χ0) is 23.0. The number of hydrogen-bond acceptors (Lipinski definition) is 4. The number of carbonyl (C=O) groups is 2. The monoisotopic (exact) mass is 432 g/mol. The average Bonchev–Trinajstić information content (AvgIpc) is 2.84. The average molecular weight is 432 g/mol. The summed E-state index contributed by atoms with van der Waals surface area (Å²) in [5, 5.41) is 2.76. The Morgan fingerprint density at radius 1 is 0.879 bits per heavy atom. The Bertz CT molecular complexity index is 1340. The van der Waals surface area contributed by atoms with Crippen LogP contribution in [0.2, 0.25) is 0 Å². The zero-order valence-electron chi connectivity index (χ0n) is 17.7. The summed E-state index contributed by atoms with van der Waals surface area (Å²) in [6.07, 6.45) is 3.60. The highest BCUT2D eigenvalue weighted by Gasteiger charge is 2.11. The third-order valence-corrected chi connectivity index (χ3v) is 4.78. The fraction of sp³-hybridized carbons (Fsp3) is 0.0370. The SMILES string of the molecule is NC(=O)c1cc(NC(=O)Cc2ccccc2)nc(-c2ccc(C#Cc3cccnc3)cc2)c1. The number of carbonyl (C=O) groups excluding carboxylic acids is 2. The zero-order valence-corrected chi connectivity index (χ0v) is 17.7. The van der Waals surface area contributed by atoms with E-state index in [1.807, 2.05) is 66.7 Å². The van der Waals surface area contributed by atoms with Crippen molar-refractivity contribution >= 4 is 17.6 Å². The Balaban J connectivity index is 1.55. The minimum absolute atomic E-state index is 0.197. The highest BCUT2D eigenvalue weighted by Crippen LogP contribution is 2.22. The van der Waals surface area contributed by atoms with Gasteiger partial charge >= 0.3 is 0 Å². The Hall–Kier alpha value is -4.76. The second-order valence-corrected chi connectivity index (χ2v) is 7.27. The maximum atomic E-state index is 12.5. The first-order valence-corrected chi connectivity index (χ1v) is 10.2. The van der Waals surface area contributed by atoms with Crippen molar-refractivity contribution in [1.29, 1.82) is 0 Å². The number of nitrogens with zero attached hydrogens (tertiary/aromatic N) is 2.